The number of oxazole rings is 1. The number of fused-ring (bicyclic) bond motifs is 1. The first-order valence-corrected chi connectivity index (χ1v) is 6.00. The van der Waals surface area contributed by atoms with Crippen LogP contribution in [0.25, 0.3) is 22.6 Å². The van der Waals surface area contributed by atoms with Crippen molar-refractivity contribution in [2.75, 3.05) is 0 Å². The number of nitro benzene ring substituents is 1. The van der Waals surface area contributed by atoms with Crippen molar-refractivity contribution >= 4 is 22.7 Å². The molecule has 0 bridgehead atoms. The van der Waals surface area contributed by atoms with E-state index in [0.717, 1.165) is 0 Å². The number of para-hydroxylation sites is 1. The summed E-state index contributed by atoms with van der Waals surface area (Å²) in [5.41, 5.74) is 6.91. The van der Waals surface area contributed by atoms with Gasteiger partial charge in [0.15, 0.2) is 5.58 Å². The van der Waals surface area contributed by atoms with Gasteiger partial charge in [-0.15, -0.1) is 0 Å². The van der Waals surface area contributed by atoms with Crippen molar-refractivity contribution in [3.8, 4) is 11.5 Å². The maximum absolute atomic E-state index is 11.3. The van der Waals surface area contributed by atoms with Crippen LogP contribution in [0.2, 0.25) is 0 Å². The largest absolute Gasteiger partial charge is 0.436 e. The minimum Gasteiger partial charge on any atom is -0.436 e. The van der Waals surface area contributed by atoms with Gasteiger partial charge in [0.05, 0.1) is 10.5 Å². The van der Waals surface area contributed by atoms with Gasteiger partial charge in [-0.1, -0.05) is 6.07 Å². The van der Waals surface area contributed by atoms with Crippen molar-refractivity contribution in [1.82, 2.24) is 4.98 Å². The van der Waals surface area contributed by atoms with Crippen LogP contribution >= 0.6 is 0 Å². The van der Waals surface area contributed by atoms with Gasteiger partial charge in [0.25, 0.3) is 11.6 Å². The number of nitrogens with two attached hydrogens (primary N) is 1. The summed E-state index contributed by atoms with van der Waals surface area (Å²) in [4.78, 5) is 25.7. The molecule has 0 aliphatic carbocycles. The SMILES string of the molecule is NC(=O)c1cccc2oc(-c3ccc([N+](=O)[O-])cc3)nc12. The summed E-state index contributed by atoms with van der Waals surface area (Å²) in [6.45, 7) is 0. The lowest BCUT2D eigenvalue weighted by Crippen LogP contribution is -2.11. The first kappa shape index (κ1) is 12.8. The van der Waals surface area contributed by atoms with Crippen LogP contribution in [-0.2, 0) is 0 Å². The van der Waals surface area contributed by atoms with E-state index in [-0.39, 0.29) is 17.1 Å². The summed E-state index contributed by atoms with van der Waals surface area (Å²) >= 11 is 0. The molecule has 0 spiro atoms. The van der Waals surface area contributed by atoms with Crippen LogP contribution in [0.4, 0.5) is 5.69 Å². The molecule has 1 aromatic heterocycles. The fraction of sp³-hybridized carbons (Fsp3) is 0. The third-order valence-corrected chi connectivity index (χ3v) is 3.01. The lowest BCUT2D eigenvalue weighted by atomic mass is 10.2. The highest BCUT2D eigenvalue weighted by Crippen LogP contribution is 2.27. The van der Waals surface area contributed by atoms with Gasteiger partial charge in [0.2, 0.25) is 5.89 Å². The Kier molecular flexibility index (Phi) is 2.87. The van der Waals surface area contributed by atoms with Crippen LogP contribution in [-0.4, -0.2) is 15.8 Å². The Balaban J connectivity index is 2.11. The van der Waals surface area contributed by atoms with Crippen LogP contribution in [0, 0.1) is 10.1 Å². The van der Waals surface area contributed by atoms with Gasteiger partial charge in [-0.05, 0) is 24.3 Å². The smallest absolute Gasteiger partial charge is 0.269 e. The molecule has 0 saturated heterocycles. The molecule has 21 heavy (non-hydrogen) atoms. The molecular weight excluding hydrogens is 274 g/mol. The molecule has 2 N–H and O–H groups in total. The highest BCUT2D eigenvalue weighted by molar-refractivity contribution is 6.03. The lowest BCUT2D eigenvalue weighted by Gasteiger charge is -1.94. The van der Waals surface area contributed by atoms with Gasteiger partial charge in [0.1, 0.15) is 5.52 Å². The molecule has 0 radical (unpaired) electrons. The predicted octanol–water partition coefficient (Wildman–Crippen LogP) is 2.50. The van der Waals surface area contributed by atoms with Crippen LogP contribution in [0.1, 0.15) is 10.4 Å². The van der Waals surface area contributed by atoms with Crippen molar-refractivity contribution in [2.45, 2.75) is 0 Å². The van der Waals surface area contributed by atoms with Gasteiger partial charge in [-0.25, -0.2) is 4.98 Å². The Labute approximate surface area is 118 Å². The zero-order valence-corrected chi connectivity index (χ0v) is 10.6. The third-order valence-electron chi connectivity index (χ3n) is 3.01. The maximum Gasteiger partial charge on any atom is 0.269 e. The lowest BCUT2D eigenvalue weighted by molar-refractivity contribution is -0.384. The summed E-state index contributed by atoms with van der Waals surface area (Å²) in [5, 5.41) is 10.6. The fourth-order valence-electron chi connectivity index (χ4n) is 2.00. The van der Waals surface area contributed by atoms with Gasteiger partial charge >= 0.3 is 0 Å². The first-order valence-electron chi connectivity index (χ1n) is 6.00. The molecule has 0 saturated carbocycles. The molecule has 0 atom stereocenters. The van der Waals surface area contributed by atoms with E-state index < -0.39 is 10.8 Å². The number of carbonyl (C=O) groups excluding carboxylic acids is 1. The van der Waals surface area contributed by atoms with Crippen LogP contribution in [0.3, 0.4) is 0 Å². The molecule has 0 aliphatic rings. The molecule has 3 rings (SSSR count). The Bertz CT molecular complexity index is 852. The third kappa shape index (κ3) is 2.20. The number of hydrogen-bond acceptors (Lipinski definition) is 5. The number of primary amides is 1. The second-order valence-electron chi connectivity index (χ2n) is 4.34. The Hall–Kier alpha value is -3.22. The van der Waals surface area contributed by atoms with Crippen molar-refractivity contribution in [3.63, 3.8) is 0 Å². The number of amides is 1. The molecular formula is C14H9N3O4. The minimum atomic E-state index is -0.593. The molecule has 3 aromatic rings. The van der Waals surface area contributed by atoms with E-state index in [2.05, 4.69) is 4.98 Å². The van der Waals surface area contributed by atoms with E-state index in [0.29, 0.717) is 16.7 Å². The van der Waals surface area contributed by atoms with Gasteiger partial charge in [-0.2, -0.15) is 0 Å². The van der Waals surface area contributed by atoms with Crippen LogP contribution < -0.4 is 5.73 Å². The van der Waals surface area contributed by atoms with Crippen molar-refractivity contribution in [2.24, 2.45) is 5.73 Å². The molecule has 0 unspecified atom stereocenters. The molecule has 0 aliphatic heterocycles. The molecule has 0 fully saturated rings. The number of nitro groups is 1. The van der Waals surface area contributed by atoms with E-state index >= 15 is 0 Å². The van der Waals surface area contributed by atoms with Crippen molar-refractivity contribution < 1.29 is 14.1 Å². The molecule has 1 amide bonds. The number of benzene rings is 2. The van der Waals surface area contributed by atoms with E-state index in [4.69, 9.17) is 10.2 Å². The number of nitrogens with zero attached hydrogens (tertiary/aromatic N) is 2. The number of aromatic nitrogens is 1. The average molecular weight is 283 g/mol. The number of non-ortho nitro benzene ring substituents is 1. The number of rotatable bonds is 3. The van der Waals surface area contributed by atoms with Crippen LogP contribution in [0.15, 0.2) is 46.9 Å². The highest BCUT2D eigenvalue weighted by atomic mass is 16.6. The quantitative estimate of drug-likeness (QED) is 0.586. The van der Waals surface area contributed by atoms with E-state index in [9.17, 15) is 14.9 Å². The normalized spacial score (nSPS) is 10.7. The van der Waals surface area contributed by atoms with Crippen molar-refractivity contribution in [3.05, 3.63) is 58.1 Å². The standard InChI is InChI=1S/C14H9N3O4/c15-13(18)10-2-1-3-11-12(10)16-14(21-11)8-4-6-9(7-5-8)17(19)20/h1-7H,(H2,15,18). The van der Waals surface area contributed by atoms with Crippen molar-refractivity contribution in [1.29, 1.82) is 0 Å². The predicted molar refractivity (Wildman–Crippen MR) is 74.6 cm³/mol. The van der Waals surface area contributed by atoms with E-state index in [1.807, 2.05) is 0 Å². The Morgan fingerprint density at radius 3 is 2.52 bits per heavy atom. The van der Waals surface area contributed by atoms with Gasteiger partial charge in [0, 0.05) is 17.7 Å². The van der Waals surface area contributed by atoms with E-state index in [1.165, 1.54) is 24.3 Å². The minimum absolute atomic E-state index is 0.0207. The maximum atomic E-state index is 11.3. The Morgan fingerprint density at radius 1 is 1.19 bits per heavy atom. The van der Waals surface area contributed by atoms with Gasteiger partial charge in [-0.3, -0.25) is 14.9 Å². The molecule has 1 heterocycles. The first-order chi connectivity index (χ1) is 10.1. The molecule has 104 valence electrons. The molecule has 7 heteroatoms. The average Bonchev–Trinajstić information content (AvgIpc) is 2.90. The number of hydrogen-bond donors (Lipinski definition) is 1. The van der Waals surface area contributed by atoms with Crippen LogP contribution in [0.5, 0.6) is 0 Å². The second-order valence-corrected chi connectivity index (χ2v) is 4.34. The molecule has 2 aromatic carbocycles. The number of carbonyl (C=O) groups is 1. The highest BCUT2D eigenvalue weighted by Gasteiger charge is 2.15. The summed E-state index contributed by atoms with van der Waals surface area (Å²) in [6, 6.07) is 10.7. The second kappa shape index (κ2) is 4.71. The van der Waals surface area contributed by atoms with E-state index in [1.54, 1.807) is 18.2 Å². The summed E-state index contributed by atoms with van der Waals surface area (Å²) < 4.78 is 5.56. The summed E-state index contributed by atoms with van der Waals surface area (Å²) in [5.74, 6) is -0.322. The fourth-order valence-corrected chi connectivity index (χ4v) is 2.00. The topological polar surface area (TPSA) is 112 Å². The summed E-state index contributed by atoms with van der Waals surface area (Å²) in [7, 11) is 0. The summed E-state index contributed by atoms with van der Waals surface area (Å²) in [6.07, 6.45) is 0. The Morgan fingerprint density at radius 2 is 1.90 bits per heavy atom. The molecule has 7 nitrogen and oxygen atoms in total. The van der Waals surface area contributed by atoms with Gasteiger partial charge < -0.3 is 10.2 Å². The monoisotopic (exact) mass is 283 g/mol. The zero-order chi connectivity index (χ0) is 15.0. The zero-order valence-electron chi connectivity index (χ0n) is 10.6.